The Morgan fingerprint density at radius 2 is 2.12 bits per heavy atom. The van der Waals surface area contributed by atoms with Crippen molar-refractivity contribution in [3.8, 4) is 5.75 Å². The number of aromatic nitrogens is 2. The highest BCUT2D eigenvalue weighted by molar-refractivity contribution is 5.77. The SMILES string of the molecule is COc1ccc(CCC(=O)n2cccn2)cc1. The van der Waals surface area contributed by atoms with Gasteiger partial charge < -0.3 is 4.74 Å². The predicted molar refractivity (Wildman–Crippen MR) is 64.2 cm³/mol. The van der Waals surface area contributed by atoms with Crippen LogP contribution in [0.15, 0.2) is 42.7 Å². The van der Waals surface area contributed by atoms with Gasteiger partial charge in [0.1, 0.15) is 5.75 Å². The number of carbonyl (C=O) groups excluding carboxylic acids is 1. The van der Waals surface area contributed by atoms with Gasteiger partial charge in [-0.1, -0.05) is 12.1 Å². The summed E-state index contributed by atoms with van der Waals surface area (Å²) in [7, 11) is 1.64. The summed E-state index contributed by atoms with van der Waals surface area (Å²) in [5.41, 5.74) is 1.12. The smallest absolute Gasteiger partial charge is 0.247 e. The van der Waals surface area contributed by atoms with Crippen molar-refractivity contribution in [3.05, 3.63) is 48.3 Å². The average molecular weight is 230 g/mol. The van der Waals surface area contributed by atoms with Crippen LogP contribution in [0, 0.1) is 0 Å². The zero-order valence-electron chi connectivity index (χ0n) is 9.67. The van der Waals surface area contributed by atoms with E-state index in [4.69, 9.17) is 4.74 Å². The molecule has 0 saturated carbocycles. The van der Waals surface area contributed by atoms with Gasteiger partial charge in [0.15, 0.2) is 0 Å². The summed E-state index contributed by atoms with van der Waals surface area (Å²) in [4.78, 5) is 11.7. The number of rotatable bonds is 4. The Bertz CT molecular complexity index is 475. The largest absolute Gasteiger partial charge is 0.497 e. The molecule has 2 rings (SSSR count). The van der Waals surface area contributed by atoms with Crippen LogP contribution in [0.25, 0.3) is 0 Å². The number of hydrogen-bond acceptors (Lipinski definition) is 3. The Balaban J connectivity index is 1.91. The van der Waals surface area contributed by atoms with Gasteiger partial charge in [-0.2, -0.15) is 5.10 Å². The Kier molecular flexibility index (Phi) is 3.55. The fraction of sp³-hybridized carbons (Fsp3) is 0.231. The monoisotopic (exact) mass is 230 g/mol. The van der Waals surface area contributed by atoms with E-state index in [0.29, 0.717) is 12.8 Å². The maximum absolute atomic E-state index is 11.7. The second-order valence-corrected chi connectivity index (χ2v) is 3.69. The van der Waals surface area contributed by atoms with Gasteiger partial charge in [-0.3, -0.25) is 4.79 Å². The molecule has 2 aromatic rings. The van der Waals surface area contributed by atoms with Gasteiger partial charge in [0.25, 0.3) is 0 Å². The van der Waals surface area contributed by atoms with Crippen molar-refractivity contribution in [2.75, 3.05) is 7.11 Å². The van der Waals surface area contributed by atoms with E-state index in [1.165, 1.54) is 4.68 Å². The fourth-order valence-corrected chi connectivity index (χ4v) is 1.57. The second-order valence-electron chi connectivity index (χ2n) is 3.69. The molecule has 0 fully saturated rings. The van der Waals surface area contributed by atoms with Crippen LogP contribution in [-0.4, -0.2) is 22.8 Å². The number of methoxy groups -OCH3 is 1. The first-order valence-corrected chi connectivity index (χ1v) is 5.45. The zero-order valence-corrected chi connectivity index (χ0v) is 9.67. The Labute approximate surface area is 99.8 Å². The van der Waals surface area contributed by atoms with Crippen LogP contribution in [0.3, 0.4) is 0 Å². The third-order valence-corrected chi connectivity index (χ3v) is 2.55. The first-order valence-electron chi connectivity index (χ1n) is 5.45. The molecular weight excluding hydrogens is 216 g/mol. The number of benzene rings is 1. The summed E-state index contributed by atoms with van der Waals surface area (Å²) in [5, 5.41) is 3.90. The van der Waals surface area contributed by atoms with E-state index in [9.17, 15) is 4.79 Å². The average Bonchev–Trinajstić information content (AvgIpc) is 2.90. The molecule has 0 aliphatic carbocycles. The molecule has 0 unspecified atom stereocenters. The molecule has 0 aliphatic rings. The van der Waals surface area contributed by atoms with E-state index in [1.54, 1.807) is 25.6 Å². The maximum atomic E-state index is 11.7. The molecule has 0 aliphatic heterocycles. The minimum absolute atomic E-state index is 0.00539. The van der Waals surface area contributed by atoms with Crippen LogP contribution in [-0.2, 0) is 6.42 Å². The summed E-state index contributed by atoms with van der Waals surface area (Å²) in [6, 6.07) is 9.47. The van der Waals surface area contributed by atoms with Gasteiger partial charge in [-0.25, -0.2) is 4.68 Å². The lowest BCUT2D eigenvalue weighted by Gasteiger charge is -2.03. The van der Waals surface area contributed by atoms with Gasteiger partial charge in [-0.05, 0) is 30.2 Å². The van der Waals surface area contributed by atoms with Crippen LogP contribution in [0.5, 0.6) is 5.75 Å². The molecule has 0 radical (unpaired) electrons. The number of aryl methyl sites for hydroxylation is 1. The van der Waals surface area contributed by atoms with Crippen LogP contribution in [0.1, 0.15) is 16.8 Å². The van der Waals surface area contributed by atoms with Gasteiger partial charge in [0.2, 0.25) is 5.91 Å². The highest BCUT2D eigenvalue weighted by Gasteiger charge is 2.04. The van der Waals surface area contributed by atoms with E-state index >= 15 is 0 Å². The Hall–Kier alpha value is -2.10. The molecule has 0 bridgehead atoms. The number of nitrogens with zero attached hydrogens (tertiary/aromatic N) is 2. The Morgan fingerprint density at radius 1 is 1.35 bits per heavy atom. The topological polar surface area (TPSA) is 44.1 Å². The van der Waals surface area contributed by atoms with Crippen molar-refractivity contribution >= 4 is 5.91 Å². The van der Waals surface area contributed by atoms with Crippen LogP contribution < -0.4 is 4.74 Å². The zero-order chi connectivity index (χ0) is 12.1. The lowest BCUT2D eigenvalue weighted by molar-refractivity contribution is 0.0887. The van der Waals surface area contributed by atoms with E-state index < -0.39 is 0 Å². The summed E-state index contributed by atoms with van der Waals surface area (Å²) in [6.07, 6.45) is 4.43. The molecule has 17 heavy (non-hydrogen) atoms. The standard InChI is InChI=1S/C13H14N2O2/c1-17-12-6-3-11(4-7-12)5-8-13(16)15-10-2-9-14-15/h2-4,6-7,9-10H,5,8H2,1H3. The molecule has 0 saturated heterocycles. The van der Waals surface area contributed by atoms with Gasteiger partial charge >= 0.3 is 0 Å². The third-order valence-electron chi connectivity index (χ3n) is 2.55. The third kappa shape index (κ3) is 2.93. The van der Waals surface area contributed by atoms with Crippen molar-refractivity contribution < 1.29 is 9.53 Å². The van der Waals surface area contributed by atoms with Crippen molar-refractivity contribution in [1.29, 1.82) is 0 Å². The minimum atomic E-state index is 0.00539. The molecule has 0 spiro atoms. The molecule has 0 atom stereocenters. The van der Waals surface area contributed by atoms with E-state index in [-0.39, 0.29) is 5.91 Å². The quantitative estimate of drug-likeness (QED) is 0.808. The van der Waals surface area contributed by atoms with Gasteiger partial charge in [0.05, 0.1) is 7.11 Å². The first kappa shape index (κ1) is 11.4. The summed E-state index contributed by atoms with van der Waals surface area (Å²) < 4.78 is 6.44. The first-order chi connectivity index (χ1) is 8.29. The molecule has 0 N–H and O–H groups in total. The van der Waals surface area contributed by atoms with Crippen molar-refractivity contribution in [2.24, 2.45) is 0 Å². The summed E-state index contributed by atoms with van der Waals surface area (Å²) in [6.45, 7) is 0. The van der Waals surface area contributed by atoms with E-state index in [0.717, 1.165) is 11.3 Å². The van der Waals surface area contributed by atoms with Gasteiger partial charge in [-0.15, -0.1) is 0 Å². The van der Waals surface area contributed by atoms with E-state index in [1.807, 2.05) is 24.3 Å². The molecule has 1 aromatic heterocycles. The van der Waals surface area contributed by atoms with Crippen molar-refractivity contribution in [2.45, 2.75) is 12.8 Å². The number of ether oxygens (including phenoxy) is 1. The normalized spacial score (nSPS) is 10.2. The second kappa shape index (κ2) is 5.30. The molecule has 1 aromatic carbocycles. The molecular formula is C13H14N2O2. The molecule has 1 heterocycles. The Morgan fingerprint density at radius 3 is 2.71 bits per heavy atom. The van der Waals surface area contributed by atoms with Crippen LogP contribution in [0.2, 0.25) is 0 Å². The number of carbonyl (C=O) groups is 1. The number of hydrogen-bond donors (Lipinski definition) is 0. The molecule has 88 valence electrons. The minimum Gasteiger partial charge on any atom is -0.497 e. The van der Waals surface area contributed by atoms with Crippen molar-refractivity contribution in [1.82, 2.24) is 9.78 Å². The highest BCUT2D eigenvalue weighted by atomic mass is 16.5. The molecule has 0 amide bonds. The van der Waals surface area contributed by atoms with Crippen LogP contribution >= 0.6 is 0 Å². The molecule has 4 heteroatoms. The summed E-state index contributed by atoms with van der Waals surface area (Å²) in [5.74, 6) is 0.831. The lowest BCUT2D eigenvalue weighted by atomic mass is 10.1. The summed E-state index contributed by atoms with van der Waals surface area (Å²) >= 11 is 0. The predicted octanol–water partition coefficient (Wildman–Crippen LogP) is 2.16. The van der Waals surface area contributed by atoms with E-state index in [2.05, 4.69) is 5.10 Å². The van der Waals surface area contributed by atoms with Crippen molar-refractivity contribution in [3.63, 3.8) is 0 Å². The maximum Gasteiger partial charge on any atom is 0.247 e. The lowest BCUT2D eigenvalue weighted by Crippen LogP contribution is -2.11. The van der Waals surface area contributed by atoms with Gasteiger partial charge in [0, 0.05) is 18.8 Å². The molecule has 4 nitrogen and oxygen atoms in total. The van der Waals surface area contributed by atoms with Crippen LogP contribution in [0.4, 0.5) is 0 Å². The fourth-order valence-electron chi connectivity index (χ4n) is 1.57. The highest BCUT2D eigenvalue weighted by Crippen LogP contribution is 2.12.